The molecule has 1 aliphatic rings. The molecular weight excluding hydrogens is 398 g/mol. The molecule has 1 amide bonds. The molecule has 4 heterocycles. The SMILES string of the molecule is Cc1ncsc1-c1nnc([C@@H]2CCCCN2C(=O)c2cccc3c(C)c(C)[nH]c23)o1. The molecule has 3 aromatic heterocycles. The summed E-state index contributed by atoms with van der Waals surface area (Å²) in [5, 5.41) is 9.63. The lowest BCUT2D eigenvalue weighted by atomic mass is 10.00. The number of hydrogen-bond donors (Lipinski definition) is 1. The lowest BCUT2D eigenvalue weighted by Gasteiger charge is -2.33. The predicted molar refractivity (Wildman–Crippen MR) is 116 cm³/mol. The number of piperidine rings is 1. The smallest absolute Gasteiger partial charge is 0.259 e. The van der Waals surface area contributed by atoms with Gasteiger partial charge in [0.05, 0.1) is 22.3 Å². The number of thiazole rings is 1. The van der Waals surface area contributed by atoms with Crippen molar-refractivity contribution < 1.29 is 9.21 Å². The van der Waals surface area contributed by atoms with Gasteiger partial charge in [-0.05, 0) is 51.7 Å². The number of amides is 1. The summed E-state index contributed by atoms with van der Waals surface area (Å²) in [6.07, 6.45) is 2.81. The highest BCUT2D eigenvalue weighted by Gasteiger charge is 2.33. The molecule has 0 spiro atoms. The molecular formula is C22H23N5O2S. The Balaban J connectivity index is 1.51. The Morgan fingerprint density at radius 2 is 2.10 bits per heavy atom. The Bertz CT molecular complexity index is 1240. The first-order valence-corrected chi connectivity index (χ1v) is 11.0. The van der Waals surface area contributed by atoms with E-state index in [1.807, 2.05) is 30.9 Å². The van der Waals surface area contributed by atoms with E-state index in [0.717, 1.165) is 46.4 Å². The summed E-state index contributed by atoms with van der Waals surface area (Å²) < 4.78 is 6.02. The van der Waals surface area contributed by atoms with Gasteiger partial charge in [-0.3, -0.25) is 4.79 Å². The summed E-state index contributed by atoms with van der Waals surface area (Å²) in [5.74, 6) is 0.970. The molecule has 0 unspecified atom stereocenters. The quantitative estimate of drug-likeness (QED) is 0.505. The molecule has 0 bridgehead atoms. The average molecular weight is 422 g/mol. The number of aryl methyl sites for hydroxylation is 3. The van der Waals surface area contributed by atoms with Crippen LogP contribution in [0.2, 0.25) is 0 Å². The number of nitrogens with zero attached hydrogens (tertiary/aromatic N) is 4. The molecule has 1 atom stereocenters. The number of benzene rings is 1. The fraction of sp³-hybridized carbons (Fsp3) is 0.364. The van der Waals surface area contributed by atoms with Crippen molar-refractivity contribution in [3.8, 4) is 10.8 Å². The number of H-pyrrole nitrogens is 1. The van der Waals surface area contributed by atoms with E-state index in [0.29, 0.717) is 23.9 Å². The lowest BCUT2D eigenvalue weighted by Crippen LogP contribution is -2.38. The minimum atomic E-state index is -0.215. The molecule has 1 saturated heterocycles. The standard InChI is InChI=1S/C22H23N5O2S/c1-12-13(2)24-18-15(12)7-6-8-16(18)22(28)27-10-5-4-9-17(27)20-25-26-21(29-20)19-14(3)23-11-30-19/h6-8,11,17,24H,4-5,9-10H2,1-3H3/t17-/m0/s1. The van der Waals surface area contributed by atoms with E-state index in [4.69, 9.17) is 4.42 Å². The van der Waals surface area contributed by atoms with Crippen LogP contribution in [0.3, 0.4) is 0 Å². The van der Waals surface area contributed by atoms with Crippen LogP contribution in [0.15, 0.2) is 28.1 Å². The third kappa shape index (κ3) is 3.02. The third-order valence-corrected chi connectivity index (χ3v) is 6.92. The molecule has 0 saturated carbocycles. The molecule has 7 nitrogen and oxygen atoms in total. The predicted octanol–water partition coefficient (Wildman–Crippen LogP) is 4.97. The van der Waals surface area contributed by atoms with Crippen molar-refractivity contribution in [2.45, 2.75) is 46.1 Å². The minimum Gasteiger partial charge on any atom is -0.418 e. The molecule has 154 valence electrons. The first-order chi connectivity index (χ1) is 14.5. The van der Waals surface area contributed by atoms with Crippen LogP contribution in [-0.2, 0) is 0 Å². The van der Waals surface area contributed by atoms with Crippen LogP contribution < -0.4 is 0 Å². The molecule has 0 aliphatic carbocycles. The highest BCUT2D eigenvalue weighted by molar-refractivity contribution is 7.13. The van der Waals surface area contributed by atoms with Gasteiger partial charge in [0.15, 0.2) is 0 Å². The first kappa shape index (κ1) is 19.0. The van der Waals surface area contributed by atoms with Gasteiger partial charge in [0.1, 0.15) is 10.9 Å². The molecule has 1 aromatic carbocycles. The van der Waals surface area contributed by atoms with Crippen LogP contribution in [-0.4, -0.2) is 37.5 Å². The number of carbonyl (C=O) groups is 1. The fourth-order valence-corrected chi connectivity index (χ4v) is 4.94. The molecule has 1 aliphatic heterocycles. The van der Waals surface area contributed by atoms with Crippen molar-refractivity contribution >= 4 is 28.1 Å². The van der Waals surface area contributed by atoms with Gasteiger partial charge in [0.2, 0.25) is 5.89 Å². The fourth-order valence-electron chi connectivity index (χ4n) is 4.22. The Morgan fingerprint density at radius 1 is 1.23 bits per heavy atom. The van der Waals surface area contributed by atoms with Gasteiger partial charge >= 0.3 is 0 Å². The number of para-hydroxylation sites is 1. The number of likely N-dealkylation sites (tertiary alicyclic amines) is 1. The Kier molecular flexibility index (Phi) is 4.66. The van der Waals surface area contributed by atoms with Gasteiger partial charge in [0.25, 0.3) is 11.8 Å². The van der Waals surface area contributed by atoms with Crippen LogP contribution in [0.1, 0.15) is 58.5 Å². The van der Waals surface area contributed by atoms with Crippen molar-refractivity contribution in [2.75, 3.05) is 6.54 Å². The van der Waals surface area contributed by atoms with Crippen molar-refractivity contribution in [3.63, 3.8) is 0 Å². The van der Waals surface area contributed by atoms with Crippen molar-refractivity contribution in [1.29, 1.82) is 0 Å². The number of nitrogens with one attached hydrogen (secondary N) is 1. The second kappa shape index (κ2) is 7.36. The number of rotatable bonds is 3. The van der Waals surface area contributed by atoms with E-state index in [-0.39, 0.29) is 11.9 Å². The van der Waals surface area contributed by atoms with Gasteiger partial charge < -0.3 is 14.3 Å². The normalized spacial score (nSPS) is 17.0. The topological polar surface area (TPSA) is 87.9 Å². The maximum atomic E-state index is 13.6. The minimum absolute atomic E-state index is 0.000251. The zero-order chi connectivity index (χ0) is 20.8. The largest absolute Gasteiger partial charge is 0.418 e. The van der Waals surface area contributed by atoms with Crippen LogP contribution >= 0.6 is 11.3 Å². The highest BCUT2D eigenvalue weighted by atomic mass is 32.1. The molecule has 5 rings (SSSR count). The Hall–Kier alpha value is -3.00. The Morgan fingerprint density at radius 3 is 2.90 bits per heavy atom. The van der Waals surface area contributed by atoms with Crippen molar-refractivity contribution in [2.24, 2.45) is 0 Å². The van der Waals surface area contributed by atoms with Crippen LogP contribution in [0.5, 0.6) is 0 Å². The molecule has 30 heavy (non-hydrogen) atoms. The van der Waals surface area contributed by atoms with Crippen LogP contribution in [0.4, 0.5) is 0 Å². The third-order valence-electron chi connectivity index (χ3n) is 6.00. The van der Waals surface area contributed by atoms with Crippen LogP contribution in [0, 0.1) is 20.8 Å². The van der Waals surface area contributed by atoms with Gasteiger partial charge in [-0.15, -0.1) is 21.5 Å². The van der Waals surface area contributed by atoms with Gasteiger partial charge in [-0.25, -0.2) is 4.98 Å². The summed E-state index contributed by atoms with van der Waals surface area (Å²) >= 11 is 1.48. The number of fused-ring (bicyclic) bond motifs is 1. The monoisotopic (exact) mass is 421 g/mol. The van der Waals surface area contributed by atoms with E-state index in [1.54, 1.807) is 5.51 Å². The van der Waals surface area contributed by atoms with Gasteiger partial charge in [-0.2, -0.15) is 0 Å². The summed E-state index contributed by atoms with van der Waals surface area (Å²) in [5.41, 5.74) is 6.49. The molecule has 1 N–H and O–H groups in total. The number of hydrogen-bond acceptors (Lipinski definition) is 6. The zero-order valence-corrected chi connectivity index (χ0v) is 18.0. The average Bonchev–Trinajstić information content (AvgIpc) is 3.47. The molecule has 4 aromatic rings. The van der Waals surface area contributed by atoms with Gasteiger partial charge in [0, 0.05) is 17.6 Å². The van der Waals surface area contributed by atoms with Crippen LogP contribution in [0.25, 0.3) is 21.7 Å². The molecule has 8 heteroatoms. The number of aromatic amines is 1. The van der Waals surface area contributed by atoms with E-state index in [1.165, 1.54) is 16.9 Å². The Labute approximate surface area is 178 Å². The summed E-state index contributed by atoms with van der Waals surface area (Å²) in [7, 11) is 0. The highest BCUT2D eigenvalue weighted by Crippen LogP contribution is 2.35. The van der Waals surface area contributed by atoms with E-state index in [2.05, 4.69) is 33.2 Å². The molecule has 1 fully saturated rings. The second-order valence-electron chi connectivity index (χ2n) is 7.83. The first-order valence-electron chi connectivity index (χ1n) is 10.2. The van der Waals surface area contributed by atoms with E-state index < -0.39 is 0 Å². The second-order valence-corrected chi connectivity index (χ2v) is 8.68. The maximum absolute atomic E-state index is 13.6. The van der Waals surface area contributed by atoms with E-state index >= 15 is 0 Å². The van der Waals surface area contributed by atoms with Gasteiger partial charge in [-0.1, -0.05) is 12.1 Å². The summed E-state index contributed by atoms with van der Waals surface area (Å²) in [6, 6.07) is 5.69. The summed E-state index contributed by atoms with van der Waals surface area (Å²) in [4.78, 5) is 24.0. The summed E-state index contributed by atoms with van der Waals surface area (Å²) in [6.45, 7) is 6.71. The molecule has 0 radical (unpaired) electrons. The zero-order valence-electron chi connectivity index (χ0n) is 17.2. The number of carbonyl (C=O) groups excluding carboxylic acids is 1. The lowest BCUT2D eigenvalue weighted by molar-refractivity contribution is 0.0574. The number of aromatic nitrogens is 4. The van der Waals surface area contributed by atoms with Crippen molar-refractivity contribution in [3.05, 3.63) is 52.1 Å². The van der Waals surface area contributed by atoms with E-state index in [9.17, 15) is 4.79 Å². The maximum Gasteiger partial charge on any atom is 0.259 e. The van der Waals surface area contributed by atoms with Crippen molar-refractivity contribution in [1.82, 2.24) is 25.1 Å².